The highest BCUT2D eigenvalue weighted by atomic mass is 16.5. The Kier molecular flexibility index (Phi) is 5.95. The molecule has 1 rings (SSSR count). The maximum atomic E-state index is 6.23. The lowest BCUT2D eigenvalue weighted by Crippen LogP contribution is -2.28. The smallest absolute Gasteiger partial charge is 0.161 e. The summed E-state index contributed by atoms with van der Waals surface area (Å²) in [5.74, 6) is 1.40. The fraction of sp³-hybridized carbons (Fsp3) is 0.571. The highest BCUT2D eigenvalue weighted by Gasteiger charge is 2.19. The Hall–Kier alpha value is -1.26. The summed E-state index contributed by atoms with van der Waals surface area (Å²) in [6.45, 7) is 2.12. The number of benzene rings is 1. The van der Waals surface area contributed by atoms with Crippen LogP contribution in [0.4, 0.5) is 0 Å². The predicted octanol–water partition coefficient (Wildman–Crippen LogP) is 2.52. The van der Waals surface area contributed by atoms with Crippen LogP contribution in [-0.4, -0.2) is 27.4 Å². The number of methoxy groups -OCH3 is 3. The van der Waals surface area contributed by atoms with E-state index < -0.39 is 0 Å². The second-order valence-corrected chi connectivity index (χ2v) is 4.20. The van der Waals surface area contributed by atoms with Crippen molar-refractivity contribution in [2.75, 3.05) is 21.3 Å². The van der Waals surface area contributed by atoms with Crippen molar-refractivity contribution < 1.29 is 14.2 Å². The summed E-state index contributed by atoms with van der Waals surface area (Å²) in [7, 11) is 4.93. The van der Waals surface area contributed by atoms with Crippen molar-refractivity contribution in [3.8, 4) is 11.5 Å². The standard InChI is InChI=1S/C14H23NO3/c1-5-6-12(17-3)14(15)10-7-8-11(16-2)13(9-10)18-4/h7-9,12,14H,5-6,15H2,1-4H3. The van der Waals surface area contributed by atoms with Gasteiger partial charge in [-0.3, -0.25) is 0 Å². The molecular weight excluding hydrogens is 230 g/mol. The minimum atomic E-state index is -0.158. The Morgan fingerprint density at radius 1 is 1.11 bits per heavy atom. The Morgan fingerprint density at radius 3 is 2.28 bits per heavy atom. The lowest BCUT2D eigenvalue weighted by molar-refractivity contribution is 0.0724. The summed E-state index contributed by atoms with van der Waals surface area (Å²) in [6, 6.07) is 5.57. The van der Waals surface area contributed by atoms with Crippen LogP contribution in [0.5, 0.6) is 11.5 Å². The molecule has 4 nitrogen and oxygen atoms in total. The van der Waals surface area contributed by atoms with Gasteiger partial charge >= 0.3 is 0 Å². The molecule has 102 valence electrons. The highest BCUT2D eigenvalue weighted by Crippen LogP contribution is 2.31. The average molecular weight is 253 g/mol. The number of hydrogen-bond acceptors (Lipinski definition) is 4. The zero-order valence-electron chi connectivity index (χ0n) is 11.6. The van der Waals surface area contributed by atoms with Gasteiger partial charge in [-0.25, -0.2) is 0 Å². The van der Waals surface area contributed by atoms with Crippen LogP contribution in [0.1, 0.15) is 31.4 Å². The Labute approximate surface area is 109 Å². The molecule has 0 heterocycles. The molecule has 18 heavy (non-hydrogen) atoms. The third-order valence-corrected chi connectivity index (χ3v) is 3.07. The summed E-state index contributed by atoms with van der Waals surface area (Å²) < 4.78 is 15.9. The van der Waals surface area contributed by atoms with Crippen LogP contribution in [0.15, 0.2) is 18.2 Å². The van der Waals surface area contributed by atoms with E-state index in [1.807, 2.05) is 18.2 Å². The average Bonchev–Trinajstić information content (AvgIpc) is 2.43. The van der Waals surface area contributed by atoms with Gasteiger partial charge in [0.05, 0.1) is 26.4 Å². The van der Waals surface area contributed by atoms with Gasteiger partial charge in [0, 0.05) is 7.11 Å². The van der Waals surface area contributed by atoms with Gasteiger partial charge in [0.2, 0.25) is 0 Å². The topological polar surface area (TPSA) is 53.7 Å². The zero-order valence-corrected chi connectivity index (χ0v) is 11.6. The van der Waals surface area contributed by atoms with Gasteiger partial charge in [-0.1, -0.05) is 19.4 Å². The van der Waals surface area contributed by atoms with E-state index in [0.717, 1.165) is 18.4 Å². The van der Waals surface area contributed by atoms with Crippen molar-refractivity contribution in [1.29, 1.82) is 0 Å². The maximum Gasteiger partial charge on any atom is 0.161 e. The van der Waals surface area contributed by atoms with Crippen molar-refractivity contribution in [1.82, 2.24) is 0 Å². The van der Waals surface area contributed by atoms with E-state index in [4.69, 9.17) is 19.9 Å². The molecule has 0 aliphatic heterocycles. The molecule has 4 heteroatoms. The van der Waals surface area contributed by atoms with Crippen molar-refractivity contribution in [2.24, 2.45) is 5.73 Å². The normalized spacial score (nSPS) is 14.1. The Balaban J connectivity index is 2.94. The van der Waals surface area contributed by atoms with Gasteiger partial charge in [0.1, 0.15) is 0 Å². The summed E-state index contributed by atoms with van der Waals surface area (Å²) in [6.07, 6.45) is 2.00. The number of ether oxygens (including phenoxy) is 3. The molecule has 0 saturated heterocycles. The molecule has 0 amide bonds. The van der Waals surface area contributed by atoms with Crippen LogP contribution in [0.25, 0.3) is 0 Å². The minimum Gasteiger partial charge on any atom is -0.493 e. The van der Waals surface area contributed by atoms with E-state index >= 15 is 0 Å². The molecule has 1 aromatic rings. The largest absolute Gasteiger partial charge is 0.493 e. The van der Waals surface area contributed by atoms with Gasteiger partial charge in [-0.15, -0.1) is 0 Å². The Bertz CT molecular complexity index is 368. The summed E-state index contributed by atoms with van der Waals surface area (Å²) in [4.78, 5) is 0. The van der Waals surface area contributed by atoms with E-state index in [1.54, 1.807) is 21.3 Å². The molecule has 0 saturated carbocycles. The molecule has 0 radical (unpaired) electrons. The van der Waals surface area contributed by atoms with Crippen LogP contribution in [0.3, 0.4) is 0 Å². The fourth-order valence-electron chi connectivity index (χ4n) is 2.00. The van der Waals surface area contributed by atoms with Crippen LogP contribution < -0.4 is 15.2 Å². The maximum absolute atomic E-state index is 6.23. The van der Waals surface area contributed by atoms with E-state index in [2.05, 4.69) is 6.92 Å². The first kappa shape index (κ1) is 14.8. The zero-order chi connectivity index (χ0) is 13.5. The predicted molar refractivity (Wildman–Crippen MR) is 72.2 cm³/mol. The molecule has 0 aliphatic carbocycles. The van der Waals surface area contributed by atoms with Gasteiger partial charge in [-0.05, 0) is 24.1 Å². The van der Waals surface area contributed by atoms with E-state index in [0.29, 0.717) is 11.5 Å². The number of hydrogen-bond donors (Lipinski definition) is 1. The third kappa shape index (κ3) is 3.37. The van der Waals surface area contributed by atoms with Crippen LogP contribution in [0, 0.1) is 0 Å². The second kappa shape index (κ2) is 7.24. The van der Waals surface area contributed by atoms with Gasteiger partial charge in [-0.2, -0.15) is 0 Å². The van der Waals surface area contributed by atoms with Crippen molar-refractivity contribution in [3.63, 3.8) is 0 Å². The summed E-state index contributed by atoms with van der Waals surface area (Å²) >= 11 is 0. The molecule has 1 aromatic carbocycles. The quantitative estimate of drug-likeness (QED) is 0.811. The second-order valence-electron chi connectivity index (χ2n) is 4.20. The SMILES string of the molecule is CCCC(OC)C(N)c1ccc(OC)c(OC)c1. The van der Waals surface area contributed by atoms with Crippen molar-refractivity contribution in [3.05, 3.63) is 23.8 Å². The summed E-state index contributed by atoms with van der Waals surface area (Å²) in [5.41, 5.74) is 7.22. The molecule has 2 unspecified atom stereocenters. The molecule has 0 bridgehead atoms. The van der Waals surface area contributed by atoms with Crippen LogP contribution in [-0.2, 0) is 4.74 Å². The molecule has 0 aliphatic rings. The van der Waals surface area contributed by atoms with Gasteiger partial charge in [0.15, 0.2) is 11.5 Å². The lowest BCUT2D eigenvalue weighted by Gasteiger charge is -2.23. The van der Waals surface area contributed by atoms with E-state index in [9.17, 15) is 0 Å². The number of rotatable bonds is 7. The van der Waals surface area contributed by atoms with Crippen LogP contribution in [0.2, 0.25) is 0 Å². The van der Waals surface area contributed by atoms with Gasteiger partial charge in [0.25, 0.3) is 0 Å². The van der Waals surface area contributed by atoms with Crippen LogP contribution >= 0.6 is 0 Å². The third-order valence-electron chi connectivity index (χ3n) is 3.07. The highest BCUT2D eigenvalue weighted by molar-refractivity contribution is 5.43. The lowest BCUT2D eigenvalue weighted by atomic mass is 9.98. The number of nitrogens with two attached hydrogens (primary N) is 1. The molecule has 0 aromatic heterocycles. The summed E-state index contributed by atoms with van der Waals surface area (Å²) in [5, 5.41) is 0. The van der Waals surface area contributed by atoms with Crippen molar-refractivity contribution >= 4 is 0 Å². The van der Waals surface area contributed by atoms with E-state index in [-0.39, 0.29) is 12.1 Å². The molecule has 2 atom stereocenters. The first-order valence-corrected chi connectivity index (χ1v) is 6.18. The Morgan fingerprint density at radius 2 is 1.78 bits per heavy atom. The first-order valence-electron chi connectivity index (χ1n) is 6.18. The molecular formula is C14H23NO3. The van der Waals surface area contributed by atoms with Gasteiger partial charge < -0.3 is 19.9 Å². The molecule has 0 spiro atoms. The minimum absolute atomic E-state index is 0.0214. The van der Waals surface area contributed by atoms with Crippen molar-refractivity contribution in [2.45, 2.75) is 31.9 Å². The first-order chi connectivity index (χ1) is 8.67. The fourth-order valence-corrected chi connectivity index (χ4v) is 2.00. The molecule has 2 N–H and O–H groups in total. The monoisotopic (exact) mass is 253 g/mol. The van der Waals surface area contributed by atoms with E-state index in [1.165, 1.54) is 0 Å². The molecule has 0 fully saturated rings.